The van der Waals surface area contributed by atoms with Crippen LogP contribution in [0.1, 0.15) is 29.5 Å². The zero-order valence-electron chi connectivity index (χ0n) is 10.4. The first-order chi connectivity index (χ1) is 8.38. The third kappa shape index (κ3) is 3.05. The van der Waals surface area contributed by atoms with Crippen LogP contribution in [0.2, 0.25) is 0 Å². The van der Waals surface area contributed by atoms with Crippen LogP contribution in [0.15, 0.2) is 18.2 Å². The molecule has 1 aromatic carbocycles. The van der Waals surface area contributed by atoms with Crippen molar-refractivity contribution in [3.63, 3.8) is 0 Å². The molecule has 1 fully saturated rings. The maximum atomic E-state index is 12.7. The maximum absolute atomic E-state index is 12.7. The normalized spacial score (nSPS) is 23.8. The van der Waals surface area contributed by atoms with Gasteiger partial charge in [0.1, 0.15) is 0 Å². The van der Waals surface area contributed by atoms with Gasteiger partial charge in [-0.25, -0.2) is 0 Å². The first-order valence-corrected chi connectivity index (χ1v) is 6.26. The number of nitrogens with two attached hydrogens (primary N) is 1. The summed E-state index contributed by atoms with van der Waals surface area (Å²) in [4.78, 5) is 0. The molecule has 0 aromatic heterocycles. The number of hydrogen-bond acceptors (Lipinski definition) is 1. The largest absolute Gasteiger partial charge is 0.416 e. The van der Waals surface area contributed by atoms with Crippen molar-refractivity contribution in [1.29, 1.82) is 0 Å². The molecule has 0 atom stereocenters. The minimum absolute atomic E-state index is 0.501. The molecular formula is C14H18F3N. The van der Waals surface area contributed by atoms with E-state index in [1.807, 2.05) is 6.07 Å². The van der Waals surface area contributed by atoms with E-state index in [-0.39, 0.29) is 0 Å². The van der Waals surface area contributed by atoms with Crippen LogP contribution in [0.5, 0.6) is 0 Å². The summed E-state index contributed by atoms with van der Waals surface area (Å²) in [5.41, 5.74) is 6.48. The van der Waals surface area contributed by atoms with Gasteiger partial charge >= 0.3 is 6.18 Å². The lowest BCUT2D eigenvalue weighted by molar-refractivity contribution is -0.137. The molecule has 0 heterocycles. The fourth-order valence-electron chi connectivity index (χ4n) is 2.71. The summed E-state index contributed by atoms with van der Waals surface area (Å²) in [6.45, 7) is 2.40. The SMILES string of the molecule is Cc1cc(CC2CC(CN)C2)cc(C(F)(F)F)c1. The Morgan fingerprint density at radius 3 is 2.39 bits per heavy atom. The predicted octanol–water partition coefficient (Wildman–Crippen LogP) is 3.54. The molecule has 0 unspecified atom stereocenters. The van der Waals surface area contributed by atoms with Gasteiger partial charge in [-0.05, 0) is 62.3 Å². The van der Waals surface area contributed by atoms with E-state index in [0.29, 0.717) is 23.9 Å². The van der Waals surface area contributed by atoms with Gasteiger partial charge in [0.2, 0.25) is 0 Å². The van der Waals surface area contributed by atoms with E-state index in [1.54, 1.807) is 6.92 Å². The minimum atomic E-state index is -4.25. The topological polar surface area (TPSA) is 26.0 Å². The number of aryl methyl sites for hydroxylation is 1. The Kier molecular flexibility index (Phi) is 3.66. The second kappa shape index (κ2) is 4.92. The lowest BCUT2D eigenvalue weighted by Gasteiger charge is -2.34. The molecule has 1 nitrogen and oxygen atoms in total. The van der Waals surface area contributed by atoms with Crippen LogP contribution in [-0.2, 0) is 12.6 Å². The third-order valence-electron chi connectivity index (χ3n) is 3.66. The number of hydrogen-bond donors (Lipinski definition) is 1. The molecule has 0 bridgehead atoms. The van der Waals surface area contributed by atoms with Crippen molar-refractivity contribution in [2.24, 2.45) is 17.6 Å². The smallest absolute Gasteiger partial charge is 0.330 e. The third-order valence-corrected chi connectivity index (χ3v) is 3.66. The van der Waals surface area contributed by atoms with Crippen LogP contribution in [0.25, 0.3) is 0 Å². The van der Waals surface area contributed by atoms with Crippen molar-refractivity contribution in [2.45, 2.75) is 32.4 Å². The number of alkyl halides is 3. The minimum Gasteiger partial charge on any atom is -0.330 e. The summed E-state index contributed by atoms with van der Waals surface area (Å²) in [5, 5.41) is 0. The van der Waals surface area contributed by atoms with E-state index in [0.717, 1.165) is 24.8 Å². The predicted molar refractivity (Wildman–Crippen MR) is 65.2 cm³/mol. The van der Waals surface area contributed by atoms with E-state index in [2.05, 4.69) is 0 Å². The Balaban J connectivity index is 2.07. The Morgan fingerprint density at radius 2 is 1.83 bits per heavy atom. The summed E-state index contributed by atoms with van der Waals surface area (Å²) in [7, 11) is 0. The monoisotopic (exact) mass is 257 g/mol. The van der Waals surface area contributed by atoms with Crippen molar-refractivity contribution in [3.8, 4) is 0 Å². The molecule has 0 radical (unpaired) electrons. The molecule has 0 spiro atoms. The summed E-state index contributed by atoms with van der Waals surface area (Å²) in [5.74, 6) is 1.07. The van der Waals surface area contributed by atoms with E-state index >= 15 is 0 Å². The van der Waals surface area contributed by atoms with Crippen LogP contribution in [0.3, 0.4) is 0 Å². The highest BCUT2D eigenvalue weighted by molar-refractivity contribution is 5.31. The van der Waals surface area contributed by atoms with Crippen LogP contribution in [0.4, 0.5) is 13.2 Å². The van der Waals surface area contributed by atoms with E-state index in [4.69, 9.17) is 5.73 Å². The fraction of sp³-hybridized carbons (Fsp3) is 0.571. The molecule has 1 saturated carbocycles. The van der Waals surface area contributed by atoms with Crippen molar-refractivity contribution in [1.82, 2.24) is 0 Å². The molecule has 1 aliphatic rings. The highest BCUT2D eigenvalue weighted by Gasteiger charge is 2.32. The van der Waals surface area contributed by atoms with Crippen molar-refractivity contribution in [2.75, 3.05) is 6.54 Å². The number of halogens is 3. The quantitative estimate of drug-likeness (QED) is 0.880. The summed E-state index contributed by atoms with van der Waals surface area (Å²) in [6.07, 6.45) is -1.42. The molecular weight excluding hydrogens is 239 g/mol. The van der Waals surface area contributed by atoms with Crippen LogP contribution < -0.4 is 5.73 Å². The fourth-order valence-corrected chi connectivity index (χ4v) is 2.71. The van der Waals surface area contributed by atoms with Gasteiger partial charge in [-0.3, -0.25) is 0 Å². The van der Waals surface area contributed by atoms with E-state index < -0.39 is 11.7 Å². The lowest BCUT2D eigenvalue weighted by atomic mass is 9.72. The first-order valence-electron chi connectivity index (χ1n) is 6.26. The van der Waals surface area contributed by atoms with Gasteiger partial charge in [-0.15, -0.1) is 0 Å². The molecule has 100 valence electrons. The summed E-state index contributed by atoms with van der Waals surface area (Å²) in [6, 6.07) is 4.33. The molecule has 4 heteroatoms. The van der Waals surface area contributed by atoms with E-state index in [9.17, 15) is 13.2 Å². The molecule has 0 saturated heterocycles. The lowest BCUT2D eigenvalue weighted by Crippen LogP contribution is -2.31. The zero-order chi connectivity index (χ0) is 13.3. The highest BCUT2D eigenvalue weighted by Crippen LogP contribution is 2.37. The average Bonchev–Trinajstić information content (AvgIpc) is 2.20. The van der Waals surface area contributed by atoms with Gasteiger partial charge in [0.15, 0.2) is 0 Å². The summed E-state index contributed by atoms with van der Waals surface area (Å²) < 4.78 is 38.0. The van der Waals surface area contributed by atoms with Gasteiger partial charge in [0.05, 0.1) is 5.56 Å². The Labute approximate surface area is 105 Å². The van der Waals surface area contributed by atoms with Crippen LogP contribution in [-0.4, -0.2) is 6.54 Å². The maximum Gasteiger partial charge on any atom is 0.416 e. The van der Waals surface area contributed by atoms with Crippen molar-refractivity contribution >= 4 is 0 Å². The van der Waals surface area contributed by atoms with Crippen LogP contribution in [0, 0.1) is 18.8 Å². The standard InChI is InChI=1S/C14H18F3N/c1-9-2-10(4-11-5-12(6-11)8-18)7-13(3-9)14(15,16)17/h2-3,7,11-12H,4-6,8,18H2,1H3. The first kappa shape index (κ1) is 13.4. The van der Waals surface area contributed by atoms with Crippen molar-refractivity contribution in [3.05, 3.63) is 34.9 Å². The van der Waals surface area contributed by atoms with Gasteiger partial charge in [0, 0.05) is 0 Å². The zero-order valence-corrected chi connectivity index (χ0v) is 10.4. The molecule has 0 amide bonds. The highest BCUT2D eigenvalue weighted by atomic mass is 19.4. The second-order valence-electron chi connectivity index (χ2n) is 5.35. The Hall–Kier alpha value is -1.03. The molecule has 0 aliphatic heterocycles. The number of benzene rings is 1. The Bertz CT molecular complexity index is 420. The van der Waals surface area contributed by atoms with Gasteiger partial charge in [-0.2, -0.15) is 13.2 Å². The van der Waals surface area contributed by atoms with Gasteiger partial charge < -0.3 is 5.73 Å². The van der Waals surface area contributed by atoms with Crippen LogP contribution >= 0.6 is 0 Å². The van der Waals surface area contributed by atoms with Gasteiger partial charge in [-0.1, -0.05) is 11.6 Å². The van der Waals surface area contributed by atoms with Gasteiger partial charge in [0.25, 0.3) is 0 Å². The number of rotatable bonds is 3. The molecule has 18 heavy (non-hydrogen) atoms. The molecule has 2 N–H and O–H groups in total. The van der Waals surface area contributed by atoms with E-state index in [1.165, 1.54) is 12.1 Å². The second-order valence-corrected chi connectivity index (χ2v) is 5.35. The molecule has 2 rings (SSSR count). The molecule has 1 aromatic rings. The molecule has 1 aliphatic carbocycles. The summed E-state index contributed by atoms with van der Waals surface area (Å²) >= 11 is 0. The van der Waals surface area contributed by atoms with Crippen molar-refractivity contribution < 1.29 is 13.2 Å². The Morgan fingerprint density at radius 1 is 1.17 bits per heavy atom. The average molecular weight is 257 g/mol.